The van der Waals surface area contributed by atoms with E-state index in [-0.39, 0.29) is 5.78 Å². The average Bonchev–Trinajstić information content (AvgIpc) is 2.78. The Morgan fingerprint density at radius 1 is 1.44 bits per heavy atom. The Labute approximate surface area is 111 Å². The predicted octanol–water partition coefficient (Wildman–Crippen LogP) is 2.77. The first kappa shape index (κ1) is 12.8. The van der Waals surface area contributed by atoms with E-state index >= 15 is 0 Å². The third-order valence-corrected chi connectivity index (χ3v) is 2.83. The van der Waals surface area contributed by atoms with Crippen molar-refractivity contribution in [3.8, 4) is 0 Å². The van der Waals surface area contributed by atoms with Gasteiger partial charge in [0.05, 0.1) is 6.20 Å². The van der Waals surface area contributed by atoms with Gasteiger partial charge in [-0.15, -0.1) is 5.10 Å². The van der Waals surface area contributed by atoms with Crippen LogP contribution in [0.5, 0.6) is 0 Å². The van der Waals surface area contributed by atoms with Crippen LogP contribution in [0.4, 0.5) is 0 Å². The summed E-state index contributed by atoms with van der Waals surface area (Å²) in [6.07, 6.45) is 2.75. The first-order chi connectivity index (χ1) is 8.70. The fourth-order valence-corrected chi connectivity index (χ4v) is 1.99. The molecule has 94 valence electrons. The molecule has 0 saturated carbocycles. The largest absolute Gasteiger partial charge is 0.292 e. The summed E-state index contributed by atoms with van der Waals surface area (Å²) in [4.78, 5) is 12.1. The second kappa shape index (κ2) is 5.78. The van der Waals surface area contributed by atoms with E-state index in [4.69, 9.17) is 11.6 Å². The van der Waals surface area contributed by atoms with Crippen LogP contribution in [0.25, 0.3) is 0 Å². The van der Waals surface area contributed by atoms with Crippen molar-refractivity contribution in [1.82, 2.24) is 15.0 Å². The molecule has 0 spiro atoms. The molecule has 0 aliphatic rings. The van der Waals surface area contributed by atoms with Crippen LogP contribution >= 0.6 is 11.6 Å². The molecule has 1 aromatic carbocycles. The molecular formula is C13H14ClN3O. The minimum absolute atomic E-state index is 0.00992. The fourth-order valence-electron chi connectivity index (χ4n) is 1.77. The molecule has 2 rings (SSSR count). The highest BCUT2D eigenvalue weighted by atomic mass is 35.5. The molecule has 0 atom stereocenters. The highest BCUT2D eigenvalue weighted by Crippen LogP contribution is 2.13. The molecule has 0 N–H and O–H groups in total. The van der Waals surface area contributed by atoms with E-state index < -0.39 is 0 Å². The Morgan fingerprint density at radius 3 is 3.00 bits per heavy atom. The number of aryl methyl sites for hydroxylation is 1. The number of halogens is 1. The van der Waals surface area contributed by atoms with E-state index in [0.29, 0.717) is 23.7 Å². The molecule has 4 nitrogen and oxygen atoms in total. The lowest BCUT2D eigenvalue weighted by molar-refractivity contribution is 0.0982. The smallest absolute Gasteiger partial charge is 0.186 e. The maximum atomic E-state index is 12.1. The van der Waals surface area contributed by atoms with Crippen LogP contribution in [0.1, 0.15) is 29.4 Å². The Bertz CT molecular complexity index is 551. The second-order valence-corrected chi connectivity index (χ2v) is 4.51. The van der Waals surface area contributed by atoms with Gasteiger partial charge in [-0.05, 0) is 24.1 Å². The Hall–Kier alpha value is -1.68. The van der Waals surface area contributed by atoms with Crippen molar-refractivity contribution in [3.05, 3.63) is 46.7 Å². The number of rotatable bonds is 5. The molecule has 1 heterocycles. The number of hydrogen-bond acceptors (Lipinski definition) is 3. The summed E-state index contributed by atoms with van der Waals surface area (Å²) in [5, 5.41) is 8.33. The van der Waals surface area contributed by atoms with Gasteiger partial charge in [-0.2, -0.15) is 0 Å². The number of benzene rings is 1. The first-order valence-corrected chi connectivity index (χ1v) is 6.24. The van der Waals surface area contributed by atoms with E-state index in [0.717, 1.165) is 12.0 Å². The van der Waals surface area contributed by atoms with Crippen molar-refractivity contribution in [3.63, 3.8) is 0 Å². The van der Waals surface area contributed by atoms with Gasteiger partial charge in [-0.1, -0.05) is 35.9 Å². The van der Waals surface area contributed by atoms with Crippen LogP contribution in [-0.4, -0.2) is 20.8 Å². The normalized spacial score (nSPS) is 10.6. The zero-order valence-corrected chi connectivity index (χ0v) is 10.9. The molecule has 0 aliphatic heterocycles. The molecule has 0 aliphatic carbocycles. The van der Waals surface area contributed by atoms with E-state index in [1.165, 1.54) is 6.20 Å². The zero-order valence-electron chi connectivity index (χ0n) is 10.1. The Balaban J connectivity index is 2.14. The molecule has 1 aromatic heterocycles. The number of nitrogens with zero attached hydrogens (tertiary/aromatic N) is 3. The van der Waals surface area contributed by atoms with Crippen LogP contribution in [-0.2, 0) is 13.0 Å². The number of carbonyl (C=O) groups is 1. The van der Waals surface area contributed by atoms with Gasteiger partial charge in [-0.25, -0.2) is 4.68 Å². The van der Waals surface area contributed by atoms with Crippen LogP contribution in [0.2, 0.25) is 5.02 Å². The zero-order chi connectivity index (χ0) is 13.0. The second-order valence-electron chi connectivity index (χ2n) is 4.07. The molecule has 0 radical (unpaired) electrons. The molecule has 0 fully saturated rings. The quantitative estimate of drug-likeness (QED) is 0.780. The first-order valence-electron chi connectivity index (χ1n) is 5.87. The highest BCUT2D eigenvalue weighted by Gasteiger charge is 2.13. The van der Waals surface area contributed by atoms with E-state index in [9.17, 15) is 4.79 Å². The topological polar surface area (TPSA) is 47.8 Å². The summed E-state index contributed by atoms with van der Waals surface area (Å²) >= 11 is 5.89. The lowest BCUT2D eigenvalue weighted by atomic mass is 10.1. The highest BCUT2D eigenvalue weighted by molar-refractivity contribution is 6.30. The number of carbonyl (C=O) groups excluding carboxylic acids is 1. The minimum Gasteiger partial charge on any atom is -0.292 e. The van der Waals surface area contributed by atoms with E-state index in [2.05, 4.69) is 10.3 Å². The van der Waals surface area contributed by atoms with Crippen molar-refractivity contribution in [2.24, 2.45) is 0 Å². The minimum atomic E-state index is 0.00992. The van der Waals surface area contributed by atoms with Crippen LogP contribution in [0, 0.1) is 0 Å². The number of aromatic nitrogens is 3. The molecule has 2 aromatic rings. The van der Waals surface area contributed by atoms with Crippen LogP contribution < -0.4 is 0 Å². The summed E-state index contributed by atoms with van der Waals surface area (Å²) in [5.41, 5.74) is 1.45. The summed E-state index contributed by atoms with van der Waals surface area (Å²) in [5.74, 6) is 0.00992. The molecular weight excluding hydrogens is 250 g/mol. The van der Waals surface area contributed by atoms with Crippen LogP contribution in [0.3, 0.4) is 0 Å². The van der Waals surface area contributed by atoms with Crippen molar-refractivity contribution < 1.29 is 4.79 Å². The maximum absolute atomic E-state index is 12.1. The third-order valence-electron chi connectivity index (χ3n) is 2.59. The monoisotopic (exact) mass is 263 g/mol. The standard InChI is InChI=1S/C13H14ClN3O/c1-2-6-17-12(9-15-16-17)13(18)8-10-4-3-5-11(14)7-10/h3-5,7,9H,2,6,8H2,1H3. The number of ketones is 1. The van der Waals surface area contributed by atoms with Gasteiger partial charge in [0, 0.05) is 18.0 Å². The number of hydrogen-bond donors (Lipinski definition) is 0. The Morgan fingerprint density at radius 2 is 2.28 bits per heavy atom. The van der Waals surface area contributed by atoms with Gasteiger partial charge >= 0.3 is 0 Å². The lowest BCUT2D eigenvalue weighted by Gasteiger charge is -2.04. The van der Waals surface area contributed by atoms with Crippen molar-refractivity contribution >= 4 is 17.4 Å². The molecule has 0 unspecified atom stereocenters. The average molecular weight is 264 g/mol. The molecule has 18 heavy (non-hydrogen) atoms. The van der Waals surface area contributed by atoms with Gasteiger partial charge in [0.25, 0.3) is 0 Å². The SMILES string of the molecule is CCCn1nncc1C(=O)Cc1cccc(Cl)c1. The van der Waals surface area contributed by atoms with E-state index in [1.807, 2.05) is 19.1 Å². The van der Waals surface area contributed by atoms with Gasteiger partial charge in [0.15, 0.2) is 5.78 Å². The third kappa shape index (κ3) is 2.96. The molecule has 0 amide bonds. The molecule has 0 bridgehead atoms. The van der Waals surface area contributed by atoms with Crippen molar-refractivity contribution in [2.45, 2.75) is 26.3 Å². The van der Waals surface area contributed by atoms with Gasteiger partial charge in [-0.3, -0.25) is 4.79 Å². The number of Topliss-reactive ketones (excluding diaryl/α,β-unsaturated/α-hetero) is 1. The summed E-state index contributed by atoms with van der Waals surface area (Å²) < 4.78 is 1.65. The van der Waals surface area contributed by atoms with Crippen molar-refractivity contribution in [1.29, 1.82) is 0 Å². The van der Waals surface area contributed by atoms with Crippen molar-refractivity contribution in [2.75, 3.05) is 0 Å². The maximum Gasteiger partial charge on any atom is 0.186 e. The summed E-state index contributed by atoms with van der Waals surface area (Å²) in [6.45, 7) is 2.74. The van der Waals surface area contributed by atoms with Gasteiger partial charge < -0.3 is 0 Å². The fraction of sp³-hybridized carbons (Fsp3) is 0.308. The summed E-state index contributed by atoms with van der Waals surface area (Å²) in [6, 6.07) is 7.32. The van der Waals surface area contributed by atoms with Gasteiger partial charge in [0.1, 0.15) is 5.69 Å². The van der Waals surface area contributed by atoms with E-state index in [1.54, 1.807) is 16.8 Å². The lowest BCUT2D eigenvalue weighted by Crippen LogP contribution is -2.12. The van der Waals surface area contributed by atoms with Gasteiger partial charge in [0.2, 0.25) is 0 Å². The predicted molar refractivity (Wildman–Crippen MR) is 69.8 cm³/mol. The summed E-state index contributed by atoms with van der Waals surface area (Å²) in [7, 11) is 0. The molecule has 5 heteroatoms. The molecule has 0 saturated heterocycles. The van der Waals surface area contributed by atoms with Crippen LogP contribution in [0.15, 0.2) is 30.5 Å². The Kier molecular flexibility index (Phi) is 4.10.